The van der Waals surface area contributed by atoms with Crippen molar-refractivity contribution in [3.05, 3.63) is 66.5 Å². The van der Waals surface area contributed by atoms with Crippen LogP contribution in [0.1, 0.15) is 5.69 Å². The maximum atomic E-state index is 13.2. The standard InChI is InChI=1S/C15H10F3N3/c16-15(17,18)14-10-13(12-8-4-5-9-19-12)20-21(14)11-6-2-1-3-7-11/h1-10H. The van der Waals surface area contributed by atoms with Crippen LogP contribution < -0.4 is 0 Å². The van der Waals surface area contributed by atoms with Crippen LogP contribution in [0.3, 0.4) is 0 Å². The first-order chi connectivity index (χ1) is 10.1. The van der Waals surface area contributed by atoms with Crippen molar-refractivity contribution in [3.8, 4) is 17.1 Å². The number of alkyl halides is 3. The molecule has 0 atom stereocenters. The maximum Gasteiger partial charge on any atom is 0.433 e. The summed E-state index contributed by atoms with van der Waals surface area (Å²) in [4.78, 5) is 4.04. The van der Waals surface area contributed by atoms with Gasteiger partial charge in [-0.25, -0.2) is 4.68 Å². The third-order valence-electron chi connectivity index (χ3n) is 2.93. The number of aromatic nitrogens is 3. The van der Waals surface area contributed by atoms with Crippen molar-refractivity contribution in [2.24, 2.45) is 0 Å². The zero-order chi connectivity index (χ0) is 14.9. The Bertz CT molecular complexity index is 734. The first-order valence-corrected chi connectivity index (χ1v) is 6.20. The van der Waals surface area contributed by atoms with E-state index in [1.54, 1.807) is 48.5 Å². The minimum absolute atomic E-state index is 0.187. The third kappa shape index (κ3) is 2.65. The molecule has 106 valence electrons. The van der Waals surface area contributed by atoms with Crippen molar-refractivity contribution < 1.29 is 13.2 Å². The zero-order valence-electron chi connectivity index (χ0n) is 10.7. The quantitative estimate of drug-likeness (QED) is 0.715. The molecule has 3 aromatic rings. The van der Waals surface area contributed by atoms with Gasteiger partial charge in [0.2, 0.25) is 0 Å². The highest BCUT2D eigenvalue weighted by atomic mass is 19.4. The van der Waals surface area contributed by atoms with Gasteiger partial charge >= 0.3 is 6.18 Å². The lowest BCUT2D eigenvalue weighted by molar-refractivity contribution is -0.142. The fourth-order valence-electron chi connectivity index (χ4n) is 1.99. The molecule has 0 saturated heterocycles. The monoisotopic (exact) mass is 289 g/mol. The highest BCUT2D eigenvalue weighted by molar-refractivity contribution is 5.55. The number of benzene rings is 1. The van der Waals surface area contributed by atoms with E-state index in [1.807, 2.05) is 0 Å². The lowest BCUT2D eigenvalue weighted by Crippen LogP contribution is -2.13. The first-order valence-electron chi connectivity index (χ1n) is 6.20. The van der Waals surface area contributed by atoms with Gasteiger partial charge in [0.1, 0.15) is 11.4 Å². The van der Waals surface area contributed by atoms with Gasteiger partial charge in [-0.05, 0) is 30.3 Å². The van der Waals surface area contributed by atoms with Crippen LogP contribution in [0.15, 0.2) is 60.8 Å². The third-order valence-corrected chi connectivity index (χ3v) is 2.93. The van der Waals surface area contributed by atoms with E-state index in [0.717, 1.165) is 10.7 Å². The minimum atomic E-state index is -4.49. The van der Waals surface area contributed by atoms with Gasteiger partial charge < -0.3 is 0 Å². The Hall–Kier alpha value is -2.63. The second-order valence-corrected chi connectivity index (χ2v) is 4.37. The molecule has 3 rings (SSSR count). The molecule has 0 aliphatic rings. The molecule has 2 aromatic heterocycles. The molecular weight excluding hydrogens is 279 g/mol. The average Bonchev–Trinajstić information content (AvgIpc) is 2.94. The van der Waals surface area contributed by atoms with E-state index in [4.69, 9.17) is 0 Å². The number of nitrogens with zero attached hydrogens (tertiary/aromatic N) is 3. The number of halogens is 3. The van der Waals surface area contributed by atoms with Gasteiger partial charge in [0.25, 0.3) is 0 Å². The Balaban J connectivity index is 2.17. The molecule has 0 radical (unpaired) electrons. The molecular formula is C15H10F3N3. The van der Waals surface area contributed by atoms with Crippen molar-refractivity contribution in [2.45, 2.75) is 6.18 Å². The van der Waals surface area contributed by atoms with Crippen molar-refractivity contribution in [1.29, 1.82) is 0 Å². The topological polar surface area (TPSA) is 30.7 Å². The molecule has 0 aliphatic heterocycles. The van der Waals surface area contributed by atoms with Gasteiger partial charge in [-0.3, -0.25) is 4.98 Å². The Labute approximate surface area is 118 Å². The lowest BCUT2D eigenvalue weighted by atomic mass is 10.2. The summed E-state index contributed by atoms with van der Waals surface area (Å²) in [5.74, 6) is 0. The van der Waals surface area contributed by atoms with E-state index in [2.05, 4.69) is 10.1 Å². The summed E-state index contributed by atoms with van der Waals surface area (Å²) < 4.78 is 40.4. The fraction of sp³-hybridized carbons (Fsp3) is 0.0667. The van der Waals surface area contributed by atoms with E-state index in [1.165, 1.54) is 6.20 Å². The van der Waals surface area contributed by atoms with Crippen molar-refractivity contribution in [2.75, 3.05) is 0 Å². The molecule has 0 unspecified atom stereocenters. The van der Waals surface area contributed by atoms with Gasteiger partial charge in [-0.15, -0.1) is 0 Å². The molecule has 0 saturated carbocycles. The summed E-state index contributed by atoms with van der Waals surface area (Å²) in [6.45, 7) is 0. The summed E-state index contributed by atoms with van der Waals surface area (Å²) in [5, 5.41) is 4.05. The highest BCUT2D eigenvalue weighted by Crippen LogP contribution is 2.33. The van der Waals surface area contributed by atoms with Gasteiger partial charge in [0, 0.05) is 6.20 Å². The van der Waals surface area contributed by atoms with Gasteiger partial charge in [-0.1, -0.05) is 24.3 Å². The van der Waals surface area contributed by atoms with E-state index in [-0.39, 0.29) is 5.69 Å². The molecule has 2 heterocycles. The van der Waals surface area contributed by atoms with Crippen LogP contribution in [0.4, 0.5) is 13.2 Å². The van der Waals surface area contributed by atoms with Crippen LogP contribution in [-0.4, -0.2) is 14.8 Å². The second-order valence-electron chi connectivity index (χ2n) is 4.37. The van der Waals surface area contributed by atoms with Gasteiger partial charge in [0.15, 0.2) is 0 Å². The molecule has 0 bridgehead atoms. The summed E-state index contributed by atoms with van der Waals surface area (Å²) in [6, 6.07) is 14.2. The van der Waals surface area contributed by atoms with E-state index < -0.39 is 11.9 Å². The maximum absolute atomic E-state index is 13.2. The number of para-hydroxylation sites is 1. The molecule has 1 aromatic carbocycles. The highest BCUT2D eigenvalue weighted by Gasteiger charge is 2.36. The van der Waals surface area contributed by atoms with E-state index in [9.17, 15) is 13.2 Å². The molecule has 0 spiro atoms. The number of hydrogen-bond acceptors (Lipinski definition) is 2. The van der Waals surface area contributed by atoms with Gasteiger partial charge in [-0.2, -0.15) is 18.3 Å². The predicted octanol–water partition coefficient (Wildman–Crippen LogP) is 3.95. The number of rotatable bonds is 2. The Morgan fingerprint density at radius 2 is 1.57 bits per heavy atom. The number of pyridine rings is 1. The summed E-state index contributed by atoms with van der Waals surface area (Å²) in [7, 11) is 0. The van der Waals surface area contributed by atoms with Crippen LogP contribution >= 0.6 is 0 Å². The molecule has 3 nitrogen and oxygen atoms in total. The van der Waals surface area contributed by atoms with E-state index >= 15 is 0 Å². The fourth-order valence-corrected chi connectivity index (χ4v) is 1.99. The van der Waals surface area contributed by atoms with Crippen LogP contribution in [0.2, 0.25) is 0 Å². The normalized spacial score (nSPS) is 11.6. The van der Waals surface area contributed by atoms with Crippen LogP contribution in [-0.2, 0) is 6.18 Å². The molecule has 0 fully saturated rings. The van der Waals surface area contributed by atoms with Gasteiger partial charge in [0.05, 0.1) is 11.4 Å². The molecule has 0 amide bonds. The second kappa shape index (κ2) is 5.05. The zero-order valence-corrected chi connectivity index (χ0v) is 10.7. The summed E-state index contributed by atoms with van der Waals surface area (Å²) >= 11 is 0. The minimum Gasteiger partial charge on any atom is -0.255 e. The van der Waals surface area contributed by atoms with E-state index in [0.29, 0.717) is 11.4 Å². The largest absolute Gasteiger partial charge is 0.433 e. The molecule has 6 heteroatoms. The first kappa shape index (κ1) is 13.4. The van der Waals surface area contributed by atoms with Crippen molar-refractivity contribution in [3.63, 3.8) is 0 Å². The van der Waals surface area contributed by atoms with Crippen LogP contribution in [0.5, 0.6) is 0 Å². The van der Waals surface area contributed by atoms with Crippen LogP contribution in [0, 0.1) is 0 Å². The van der Waals surface area contributed by atoms with Crippen LogP contribution in [0.25, 0.3) is 17.1 Å². The summed E-state index contributed by atoms with van der Waals surface area (Å²) in [6.07, 6.45) is -2.97. The lowest BCUT2D eigenvalue weighted by Gasteiger charge is -2.09. The molecule has 0 N–H and O–H groups in total. The predicted molar refractivity (Wildman–Crippen MR) is 71.8 cm³/mol. The Kier molecular flexibility index (Phi) is 3.21. The van der Waals surface area contributed by atoms with Crippen molar-refractivity contribution in [1.82, 2.24) is 14.8 Å². The average molecular weight is 289 g/mol. The number of hydrogen-bond donors (Lipinski definition) is 0. The Morgan fingerprint density at radius 3 is 2.19 bits per heavy atom. The summed E-state index contributed by atoms with van der Waals surface area (Å²) in [5.41, 5.74) is 0.116. The molecule has 0 aliphatic carbocycles. The Morgan fingerprint density at radius 1 is 0.857 bits per heavy atom. The van der Waals surface area contributed by atoms with Crippen molar-refractivity contribution >= 4 is 0 Å². The molecule has 21 heavy (non-hydrogen) atoms. The SMILES string of the molecule is FC(F)(F)c1cc(-c2ccccn2)nn1-c1ccccc1. The smallest absolute Gasteiger partial charge is 0.255 e.